The molecule has 0 aromatic carbocycles. The molecule has 0 fully saturated rings. The Morgan fingerprint density at radius 3 is 2.93 bits per heavy atom. The van der Waals surface area contributed by atoms with Gasteiger partial charge in [-0.15, -0.1) is 0 Å². The quantitative estimate of drug-likeness (QED) is 0.461. The van der Waals surface area contributed by atoms with E-state index in [0.29, 0.717) is 0 Å². The van der Waals surface area contributed by atoms with Crippen molar-refractivity contribution in [2.24, 2.45) is 0 Å². The Morgan fingerprint density at radius 2 is 2.29 bits per heavy atom. The predicted molar refractivity (Wildman–Crippen MR) is 59.3 cm³/mol. The molecule has 2 aromatic heterocycles. The molecule has 0 aliphatic heterocycles. The van der Waals surface area contributed by atoms with Crippen molar-refractivity contribution in [3.63, 3.8) is 0 Å². The first-order valence-electron chi connectivity index (χ1n) is 3.88. The zero-order chi connectivity index (χ0) is 10.3. The van der Waals surface area contributed by atoms with Gasteiger partial charge in [0.05, 0.1) is 16.8 Å². The van der Waals surface area contributed by atoms with Gasteiger partial charge in [0.25, 0.3) is 5.69 Å². The van der Waals surface area contributed by atoms with Crippen molar-refractivity contribution in [3.05, 3.63) is 37.8 Å². The molecule has 0 radical (unpaired) electrons. The van der Waals surface area contributed by atoms with Crippen LogP contribution in [0.2, 0.25) is 0 Å². The molecule has 0 bridgehead atoms. The maximum atomic E-state index is 10.5. The third-order valence-electron chi connectivity index (χ3n) is 1.91. The van der Waals surface area contributed by atoms with Crippen LogP contribution in [0.15, 0.2) is 18.3 Å². The van der Waals surface area contributed by atoms with Crippen LogP contribution in [0.25, 0.3) is 5.65 Å². The summed E-state index contributed by atoms with van der Waals surface area (Å²) < 4.78 is 2.62. The molecule has 2 aromatic rings. The van der Waals surface area contributed by atoms with E-state index in [-0.39, 0.29) is 5.69 Å². The third-order valence-corrected chi connectivity index (χ3v) is 3.21. The Morgan fingerprint density at radius 1 is 1.57 bits per heavy atom. The fraction of sp³-hybridized carbons (Fsp3) is 0.125. The van der Waals surface area contributed by atoms with Crippen molar-refractivity contribution in [3.8, 4) is 0 Å². The van der Waals surface area contributed by atoms with Gasteiger partial charge in [0.2, 0.25) is 0 Å². The second-order valence-electron chi connectivity index (χ2n) is 2.86. The van der Waals surface area contributed by atoms with Crippen LogP contribution >= 0.6 is 22.6 Å². The molecule has 72 valence electrons. The number of rotatable bonds is 1. The molecule has 5 nitrogen and oxygen atoms in total. The Hall–Kier alpha value is -1.18. The van der Waals surface area contributed by atoms with E-state index in [1.54, 1.807) is 10.5 Å². The molecule has 0 unspecified atom stereocenters. The highest BCUT2D eigenvalue weighted by Crippen LogP contribution is 2.18. The summed E-state index contributed by atoms with van der Waals surface area (Å²) in [5.74, 6) is 0. The van der Waals surface area contributed by atoms with Crippen molar-refractivity contribution in [1.82, 2.24) is 9.38 Å². The summed E-state index contributed by atoms with van der Waals surface area (Å²) in [6, 6.07) is 3.10. The van der Waals surface area contributed by atoms with E-state index >= 15 is 0 Å². The first-order chi connectivity index (χ1) is 6.59. The van der Waals surface area contributed by atoms with Gasteiger partial charge < -0.3 is 0 Å². The molecular formula is C8H6IN3O2. The summed E-state index contributed by atoms with van der Waals surface area (Å²) in [4.78, 5) is 14.4. The van der Waals surface area contributed by atoms with Crippen LogP contribution in [0.1, 0.15) is 5.69 Å². The minimum atomic E-state index is -0.412. The van der Waals surface area contributed by atoms with E-state index in [1.165, 1.54) is 12.3 Å². The number of fused-ring (bicyclic) bond motifs is 1. The SMILES string of the molecule is Cc1nc2ccc([N+](=O)[O-])cn2c1I. The summed E-state index contributed by atoms with van der Waals surface area (Å²) in [6.45, 7) is 1.88. The van der Waals surface area contributed by atoms with Crippen LogP contribution in [0.5, 0.6) is 0 Å². The van der Waals surface area contributed by atoms with Gasteiger partial charge in [0, 0.05) is 6.07 Å². The number of hydrogen-bond acceptors (Lipinski definition) is 3. The molecule has 0 aliphatic carbocycles. The smallest absolute Gasteiger partial charge is 0.286 e. The summed E-state index contributed by atoms with van der Waals surface area (Å²) >= 11 is 2.12. The second kappa shape index (κ2) is 3.19. The summed E-state index contributed by atoms with van der Waals surface area (Å²) in [7, 11) is 0. The number of imidazole rings is 1. The van der Waals surface area contributed by atoms with Crippen molar-refractivity contribution in [1.29, 1.82) is 0 Å². The zero-order valence-corrected chi connectivity index (χ0v) is 9.43. The number of nitrogens with zero attached hydrogens (tertiary/aromatic N) is 3. The van der Waals surface area contributed by atoms with Crippen LogP contribution in [0.4, 0.5) is 5.69 Å². The first-order valence-corrected chi connectivity index (χ1v) is 4.96. The normalized spacial score (nSPS) is 10.7. The molecule has 2 heterocycles. The first kappa shape index (κ1) is 9.38. The number of aromatic nitrogens is 2. The standard InChI is InChI=1S/C8H6IN3O2/c1-5-8(9)11-4-6(12(13)14)2-3-7(11)10-5/h2-4H,1H3. The highest BCUT2D eigenvalue weighted by Gasteiger charge is 2.10. The number of nitro groups is 1. The molecule has 14 heavy (non-hydrogen) atoms. The molecule has 0 spiro atoms. The third kappa shape index (κ3) is 1.35. The van der Waals surface area contributed by atoms with Gasteiger partial charge in [-0.2, -0.15) is 0 Å². The Bertz CT molecular complexity index is 521. The van der Waals surface area contributed by atoms with E-state index in [0.717, 1.165) is 15.0 Å². The lowest BCUT2D eigenvalue weighted by atomic mass is 10.4. The lowest BCUT2D eigenvalue weighted by molar-refractivity contribution is -0.385. The van der Waals surface area contributed by atoms with Crippen molar-refractivity contribution < 1.29 is 4.92 Å². The van der Waals surface area contributed by atoms with Crippen molar-refractivity contribution in [2.45, 2.75) is 6.92 Å². The molecule has 2 rings (SSSR count). The van der Waals surface area contributed by atoms with E-state index in [9.17, 15) is 10.1 Å². The largest absolute Gasteiger partial charge is 0.288 e. The van der Waals surface area contributed by atoms with Gasteiger partial charge in [-0.3, -0.25) is 14.5 Å². The van der Waals surface area contributed by atoms with Crippen LogP contribution in [0, 0.1) is 20.7 Å². The average Bonchev–Trinajstić information content (AvgIpc) is 2.43. The van der Waals surface area contributed by atoms with Crippen LogP contribution in [0.3, 0.4) is 0 Å². The summed E-state index contributed by atoms with van der Waals surface area (Å²) in [5, 5.41) is 10.5. The second-order valence-corrected chi connectivity index (χ2v) is 3.88. The number of hydrogen-bond donors (Lipinski definition) is 0. The highest BCUT2D eigenvalue weighted by atomic mass is 127. The van der Waals surface area contributed by atoms with Gasteiger partial charge in [0.1, 0.15) is 9.35 Å². The minimum Gasteiger partial charge on any atom is -0.288 e. The molecule has 0 saturated carbocycles. The zero-order valence-electron chi connectivity index (χ0n) is 7.27. The van der Waals surface area contributed by atoms with E-state index in [2.05, 4.69) is 27.6 Å². The Kier molecular flexibility index (Phi) is 2.14. The monoisotopic (exact) mass is 303 g/mol. The van der Waals surface area contributed by atoms with Crippen LogP contribution in [-0.2, 0) is 0 Å². The highest BCUT2D eigenvalue weighted by molar-refractivity contribution is 14.1. The molecule has 6 heteroatoms. The molecule has 0 atom stereocenters. The van der Waals surface area contributed by atoms with E-state index < -0.39 is 4.92 Å². The van der Waals surface area contributed by atoms with Gasteiger partial charge in [0.15, 0.2) is 0 Å². The molecule has 0 amide bonds. The minimum absolute atomic E-state index is 0.0767. The maximum Gasteiger partial charge on any atom is 0.286 e. The lowest BCUT2D eigenvalue weighted by Crippen LogP contribution is -1.93. The average molecular weight is 303 g/mol. The van der Waals surface area contributed by atoms with Crippen LogP contribution in [-0.4, -0.2) is 14.3 Å². The Labute approximate surface area is 93.0 Å². The van der Waals surface area contributed by atoms with Gasteiger partial charge in [-0.05, 0) is 35.6 Å². The fourth-order valence-electron chi connectivity index (χ4n) is 1.23. The van der Waals surface area contributed by atoms with Crippen LogP contribution < -0.4 is 0 Å². The van der Waals surface area contributed by atoms with E-state index in [1.807, 2.05) is 6.92 Å². The van der Waals surface area contributed by atoms with Crippen molar-refractivity contribution >= 4 is 33.9 Å². The molecule has 0 N–H and O–H groups in total. The van der Waals surface area contributed by atoms with Gasteiger partial charge in [-0.25, -0.2) is 4.98 Å². The van der Waals surface area contributed by atoms with Gasteiger partial charge >= 0.3 is 0 Å². The topological polar surface area (TPSA) is 60.4 Å². The number of halogens is 1. The maximum absolute atomic E-state index is 10.5. The van der Waals surface area contributed by atoms with Crippen molar-refractivity contribution in [2.75, 3.05) is 0 Å². The molecule has 0 aliphatic rings. The number of aryl methyl sites for hydroxylation is 1. The predicted octanol–water partition coefficient (Wildman–Crippen LogP) is 2.16. The van der Waals surface area contributed by atoms with E-state index in [4.69, 9.17) is 0 Å². The Balaban J connectivity index is 2.76. The lowest BCUT2D eigenvalue weighted by Gasteiger charge is -1.94. The summed E-state index contributed by atoms with van der Waals surface area (Å²) in [6.07, 6.45) is 1.48. The molecule has 0 saturated heterocycles. The fourth-order valence-corrected chi connectivity index (χ4v) is 1.74. The number of pyridine rings is 1. The van der Waals surface area contributed by atoms with Gasteiger partial charge in [-0.1, -0.05) is 0 Å². The molecular weight excluding hydrogens is 297 g/mol. The summed E-state index contributed by atoms with van der Waals surface area (Å²) in [5.41, 5.74) is 1.69.